The van der Waals surface area contributed by atoms with Crippen LogP contribution < -0.4 is 16.0 Å². The zero-order valence-electron chi connectivity index (χ0n) is 13.0. The maximum absolute atomic E-state index is 11.7. The number of thioether (sulfide) groups is 1. The van der Waals surface area contributed by atoms with Gasteiger partial charge in [-0.25, -0.2) is 0 Å². The number of hydrogen-bond donors (Lipinski definition) is 2. The molecule has 1 amide bonds. The van der Waals surface area contributed by atoms with Gasteiger partial charge < -0.3 is 16.0 Å². The van der Waals surface area contributed by atoms with Crippen molar-refractivity contribution in [3.63, 3.8) is 0 Å². The lowest BCUT2D eigenvalue weighted by Gasteiger charge is -2.19. The maximum atomic E-state index is 11.7. The first kappa shape index (κ1) is 17.9. The quantitative estimate of drug-likeness (QED) is 0.650. The summed E-state index contributed by atoms with van der Waals surface area (Å²) in [6.45, 7) is 1.69. The molecule has 1 aromatic rings. The Balaban J connectivity index is 2.10. The molecule has 0 spiro atoms. The summed E-state index contributed by atoms with van der Waals surface area (Å²) in [5.41, 5.74) is 7.03. The van der Waals surface area contributed by atoms with E-state index in [-0.39, 0.29) is 11.9 Å². The molecule has 0 heterocycles. The van der Waals surface area contributed by atoms with Crippen LogP contribution in [0.3, 0.4) is 0 Å². The highest BCUT2D eigenvalue weighted by Gasteiger charge is 2.11. The van der Waals surface area contributed by atoms with Crippen LogP contribution in [0.1, 0.15) is 19.3 Å². The highest BCUT2D eigenvalue weighted by molar-refractivity contribution is 7.98. The smallest absolute Gasteiger partial charge is 0.236 e. The van der Waals surface area contributed by atoms with Crippen LogP contribution in [-0.2, 0) is 4.79 Å². The Morgan fingerprint density at radius 2 is 2.05 bits per heavy atom. The third kappa shape index (κ3) is 7.39. The van der Waals surface area contributed by atoms with Crippen LogP contribution in [0.2, 0.25) is 0 Å². The molecule has 0 aliphatic carbocycles. The van der Waals surface area contributed by atoms with Gasteiger partial charge in [-0.2, -0.15) is 11.8 Å². The lowest BCUT2D eigenvalue weighted by Crippen LogP contribution is -2.41. The van der Waals surface area contributed by atoms with Gasteiger partial charge in [-0.05, 0) is 43.4 Å². The van der Waals surface area contributed by atoms with Crippen molar-refractivity contribution < 1.29 is 4.79 Å². The highest BCUT2D eigenvalue weighted by Crippen LogP contribution is 2.11. The van der Waals surface area contributed by atoms with Crippen molar-refractivity contribution in [2.24, 2.45) is 5.73 Å². The Bertz CT molecular complexity index is 400. The number of nitrogens with two attached hydrogens (primary N) is 1. The van der Waals surface area contributed by atoms with Gasteiger partial charge in [-0.1, -0.05) is 18.2 Å². The topological polar surface area (TPSA) is 58.4 Å². The van der Waals surface area contributed by atoms with Crippen molar-refractivity contribution in [3.05, 3.63) is 30.3 Å². The molecular formula is C16H27N3OS. The molecule has 0 aliphatic rings. The number of nitrogens with one attached hydrogen (secondary N) is 1. The zero-order valence-corrected chi connectivity index (χ0v) is 13.9. The lowest BCUT2D eigenvalue weighted by molar-refractivity contribution is -0.122. The van der Waals surface area contributed by atoms with Crippen molar-refractivity contribution in [2.75, 3.05) is 37.0 Å². The maximum Gasteiger partial charge on any atom is 0.236 e. The number of carbonyl (C=O) groups excluding carboxylic acids is 1. The van der Waals surface area contributed by atoms with Gasteiger partial charge in [-0.15, -0.1) is 0 Å². The van der Waals surface area contributed by atoms with E-state index < -0.39 is 0 Å². The molecule has 4 nitrogen and oxygen atoms in total. The first-order valence-electron chi connectivity index (χ1n) is 7.43. The highest BCUT2D eigenvalue weighted by atomic mass is 32.2. The number of para-hydroxylation sites is 1. The number of nitrogens with zero attached hydrogens (tertiary/aromatic N) is 1. The van der Waals surface area contributed by atoms with Crippen LogP contribution in [-0.4, -0.2) is 44.1 Å². The number of anilines is 1. The van der Waals surface area contributed by atoms with Gasteiger partial charge in [-0.3, -0.25) is 4.79 Å². The number of carbonyl (C=O) groups is 1. The predicted octanol–water partition coefficient (Wildman–Crippen LogP) is 2.10. The predicted molar refractivity (Wildman–Crippen MR) is 92.9 cm³/mol. The summed E-state index contributed by atoms with van der Waals surface area (Å²) in [7, 11) is 2.09. The van der Waals surface area contributed by atoms with Crippen molar-refractivity contribution >= 4 is 23.4 Å². The van der Waals surface area contributed by atoms with Gasteiger partial charge in [0.2, 0.25) is 5.91 Å². The van der Waals surface area contributed by atoms with Gasteiger partial charge in [0.25, 0.3) is 0 Å². The molecule has 3 N–H and O–H groups in total. The molecule has 0 radical (unpaired) electrons. The average molecular weight is 309 g/mol. The molecule has 0 bridgehead atoms. The standard InChI is InChI=1S/C16H27N3OS/c1-19(14-8-4-3-5-9-14)12-7-6-11-18-16(20)15(17)10-13-21-2/h3-5,8-9,15H,6-7,10-13,17H2,1-2H3,(H,18,20)/t15-/m0/s1. The van der Waals surface area contributed by atoms with Crippen molar-refractivity contribution in [1.82, 2.24) is 5.32 Å². The fourth-order valence-corrected chi connectivity index (χ4v) is 2.49. The Morgan fingerprint density at radius 1 is 1.33 bits per heavy atom. The summed E-state index contributed by atoms with van der Waals surface area (Å²) in [6.07, 6.45) is 4.78. The first-order chi connectivity index (χ1) is 10.1. The largest absolute Gasteiger partial charge is 0.375 e. The van der Waals surface area contributed by atoms with Gasteiger partial charge in [0.15, 0.2) is 0 Å². The SMILES string of the molecule is CSCC[C@H](N)C(=O)NCCCCN(C)c1ccccc1. The molecule has 0 fully saturated rings. The second kappa shape index (κ2) is 10.5. The van der Waals surface area contributed by atoms with Crippen molar-refractivity contribution in [1.29, 1.82) is 0 Å². The molecule has 0 saturated carbocycles. The van der Waals surface area contributed by atoms with Crippen molar-refractivity contribution in [3.8, 4) is 0 Å². The summed E-state index contributed by atoms with van der Waals surface area (Å²) in [5.74, 6) is 0.900. The van der Waals surface area contributed by atoms with E-state index in [1.54, 1.807) is 11.8 Å². The minimum atomic E-state index is -0.371. The van der Waals surface area contributed by atoms with Crippen LogP contribution in [0.15, 0.2) is 30.3 Å². The fraction of sp³-hybridized carbons (Fsp3) is 0.562. The summed E-state index contributed by atoms with van der Waals surface area (Å²) in [5, 5.41) is 2.91. The van der Waals surface area contributed by atoms with Gasteiger partial charge >= 0.3 is 0 Å². The van der Waals surface area contributed by atoms with E-state index in [0.717, 1.165) is 31.6 Å². The van der Waals surface area contributed by atoms with Gasteiger partial charge in [0.05, 0.1) is 6.04 Å². The number of amides is 1. The van der Waals surface area contributed by atoms with E-state index in [0.29, 0.717) is 6.54 Å². The van der Waals surface area contributed by atoms with E-state index in [1.807, 2.05) is 24.5 Å². The minimum absolute atomic E-state index is 0.0273. The Labute approximate surface area is 132 Å². The molecule has 0 aliphatic heterocycles. The first-order valence-corrected chi connectivity index (χ1v) is 8.83. The number of rotatable bonds is 10. The molecule has 5 heteroatoms. The zero-order chi connectivity index (χ0) is 15.5. The summed E-state index contributed by atoms with van der Waals surface area (Å²) in [4.78, 5) is 13.9. The number of unbranched alkanes of at least 4 members (excludes halogenated alkanes) is 1. The second-order valence-electron chi connectivity index (χ2n) is 5.14. The number of hydrogen-bond acceptors (Lipinski definition) is 4. The fourth-order valence-electron chi connectivity index (χ4n) is 2.00. The molecule has 118 valence electrons. The molecule has 1 rings (SSSR count). The van der Waals surface area contributed by atoms with E-state index in [9.17, 15) is 4.79 Å². The molecule has 1 aromatic carbocycles. The minimum Gasteiger partial charge on any atom is -0.375 e. The lowest BCUT2D eigenvalue weighted by atomic mass is 10.2. The van der Waals surface area contributed by atoms with Crippen LogP contribution in [0, 0.1) is 0 Å². The van der Waals surface area contributed by atoms with E-state index in [4.69, 9.17) is 5.73 Å². The van der Waals surface area contributed by atoms with E-state index in [1.165, 1.54) is 5.69 Å². The molecule has 21 heavy (non-hydrogen) atoms. The average Bonchev–Trinajstić information content (AvgIpc) is 2.52. The third-order valence-corrected chi connectivity index (χ3v) is 4.03. The molecule has 0 aromatic heterocycles. The molecular weight excluding hydrogens is 282 g/mol. The van der Waals surface area contributed by atoms with Crippen molar-refractivity contribution in [2.45, 2.75) is 25.3 Å². The third-order valence-electron chi connectivity index (χ3n) is 3.39. The molecule has 0 unspecified atom stereocenters. The Hall–Kier alpha value is -1.20. The Kier molecular flexibility index (Phi) is 8.94. The van der Waals surface area contributed by atoms with Crippen LogP contribution in [0.25, 0.3) is 0 Å². The monoisotopic (exact) mass is 309 g/mol. The molecule has 0 saturated heterocycles. The van der Waals surface area contributed by atoms with Crippen LogP contribution in [0.4, 0.5) is 5.69 Å². The normalized spacial score (nSPS) is 12.0. The number of benzene rings is 1. The van der Waals surface area contributed by atoms with E-state index >= 15 is 0 Å². The summed E-state index contributed by atoms with van der Waals surface area (Å²) >= 11 is 1.71. The Morgan fingerprint density at radius 3 is 2.71 bits per heavy atom. The summed E-state index contributed by atoms with van der Waals surface area (Å²) < 4.78 is 0. The second-order valence-corrected chi connectivity index (χ2v) is 6.13. The van der Waals surface area contributed by atoms with Gasteiger partial charge in [0.1, 0.15) is 0 Å². The van der Waals surface area contributed by atoms with Crippen LogP contribution in [0.5, 0.6) is 0 Å². The van der Waals surface area contributed by atoms with Crippen LogP contribution >= 0.6 is 11.8 Å². The molecule has 1 atom stereocenters. The van der Waals surface area contributed by atoms with E-state index in [2.05, 4.69) is 29.4 Å². The summed E-state index contributed by atoms with van der Waals surface area (Å²) in [6, 6.07) is 9.94. The van der Waals surface area contributed by atoms with Gasteiger partial charge in [0, 0.05) is 25.8 Å².